The Morgan fingerprint density at radius 3 is 2.75 bits per heavy atom. The van der Waals surface area contributed by atoms with Crippen LogP contribution in [-0.4, -0.2) is 17.9 Å². The van der Waals surface area contributed by atoms with Crippen LogP contribution < -0.4 is 10.6 Å². The summed E-state index contributed by atoms with van der Waals surface area (Å²) in [6, 6.07) is 7.50. The van der Waals surface area contributed by atoms with Crippen LogP contribution in [0.4, 0.5) is 15.9 Å². The quantitative estimate of drug-likeness (QED) is 0.874. The van der Waals surface area contributed by atoms with Gasteiger partial charge in [-0.2, -0.15) is 0 Å². The number of carbonyl (C=O) groups is 1. The van der Waals surface area contributed by atoms with Crippen molar-refractivity contribution in [2.45, 2.75) is 0 Å². The minimum absolute atomic E-state index is 0.0712. The van der Waals surface area contributed by atoms with E-state index in [4.69, 9.17) is 11.6 Å². The Morgan fingerprint density at radius 1 is 1.35 bits per heavy atom. The molecule has 20 heavy (non-hydrogen) atoms. The lowest BCUT2D eigenvalue weighted by Crippen LogP contribution is -2.15. The van der Waals surface area contributed by atoms with Gasteiger partial charge in [-0.15, -0.1) is 0 Å². The minimum Gasteiger partial charge on any atom is -0.373 e. The number of halogens is 3. The molecule has 0 aliphatic carbocycles. The number of nitrogens with one attached hydrogen (secondary N) is 2. The molecule has 0 bridgehead atoms. The molecular weight excluding hydrogens is 349 g/mol. The number of rotatable bonds is 3. The number of amides is 1. The molecule has 1 aromatic carbocycles. The normalized spacial score (nSPS) is 10.2. The number of benzene rings is 1. The van der Waals surface area contributed by atoms with Crippen LogP contribution in [0.1, 0.15) is 10.5 Å². The van der Waals surface area contributed by atoms with E-state index >= 15 is 0 Å². The second-order valence-corrected chi connectivity index (χ2v) is 5.12. The lowest BCUT2D eigenvalue weighted by atomic mass is 10.2. The van der Waals surface area contributed by atoms with E-state index in [-0.39, 0.29) is 10.7 Å². The lowest BCUT2D eigenvalue weighted by Gasteiger charge is -2.08. The first-order valence-corrected chi connectivity index (χ1v) is 6.79. The van der Waals surface area contributed by atoms with E-state index in [1.54, 1.807) is 25.2 Å². The van der Waals surface area contributed by atoms with Gasteiger partial charge in [-0.3, -0.25) is 4.79 Å². The monoisotopic (exact) mass is 357 g/mol. The van der Waals surface area contributed by atoms with Crippen molar-refractivity contribution in [3.63, 3.8) is 0 Å². The number of nitrogens with zero attached hydrogens (tertiary/aromatic N) is 1. The van der Waals surface area contributed by atoms with E-state index < -0.39 is 11.7 Å². The average Bonchev–Trinajstić information content (AvgIpc) is 2.43. The summed E-state index contributed by atoms with van der Waals surface area (Å²) in [5, 5.41) is 5.58. The van der Waals surface area contributed by atoms with E-state index in [0.29, 0.717) is 16.0 Å². The van der Waals surface area contributed by atoms with Crippen molar-refractivity contribution in [3.05, 3.63) is 51.3 Å². The fourth-order valence-electron chi connectivity index (χ4n) is 1.50. The third kappa shape index (κ3) is 3.26. The Balaban J connectivity index is 2.25. The molecule has 0 aliphatic heterocycles. The first kappa shape index (κ1) is 14.7. The van der Waals surface area contributed by atoms with Gasteiger partial charge in [0, 0.05) is 12.7 Å². The van der Waals surface area contributed by atoms with E-state index in [1.165, 1.54) is 12.1 Å². The SMILES string of the molecule is CNc1ccc(Cl)c(C(=O)Nc2ccc(Br)c(F)c2)n1. The Morgan fingerprint density at radius 2 is 2.10 bits per heavy atom. The predicted molar refractivity (Wildman–Crippen MR) is 80.8 cm³/mol. The molecule has 0 atom stereocenters. The van der Waals surface area contributed by atoms with Crippen LogP contribution in [0.15, 0.2) is 34.8 Å². The lowest BCUT2D eigenvalue weighted by molar-refractivity contribution is 0.102. The van der Waals surface area contributed by atoms with Gasteiger partial charge < -0.3 is 10.6 Å². The van der Waals surface area contributed by atoms with Gasteiger partial charge in [-0.1, -0.05) is 11.6 Å². The van der Waals surface area contributed by atoms with Crippen molar-refractivity contribution < 1.29 is 9.18 Å². The van der Waals surface area contributed by atoms with Crippen LogP contribution in [0.5, 0.6) is 0 Å². The molecule has 0 radical (unpaired) electrons. The average molecular weight is 359 g/mol. The summed E-state index contributed by atoms with van der Waals surface area (Å²) in [6.07, 6.45) is 0. The topological polar surface area (TPSA) is 54.0 Å². The van der Waals surface area contributed by atoms with Gasteiger partial charge in [-0.25, -0.2) is 9.37 Å². The van der Waals surface area contributed by atoms with Crippen molar-refractivity contribution in [1.29, 1.82) is 0 Å². The minimum atomic E-state index is -0.506. The summed E-state index contributed by atoms with van der Waals surface area (Å²) in [6.45, 7) is 0. The van der Waals surface area contributed by atoms with Gasteiger partial charge in [0.25, 0.3) is 5.91 Å². The zero-order chi connectivity index (χ0) is 14.7. The van der Waals surface area contributed by atoms with Crippen LogP contribution in [-0.2, 0) is 0 Å². The molecule has 1 heterocycles. The van der Waals surface area contributed by atoms with Gasteiger partial charge >= 0.3 is 0 Å². The van der Waals surface area contributed by atoms with E-state index in [9.17, 15) is 9.18 Å². The third-order valence-corrected chi connectivity index (χ3v) is 3.44. The van der Waals surface area contributed by atoms with Gasteiger partial charge in [0.2, 0.25) is 0 Å². The molecule has 7 heteroatoms. The van der Waals surface area contributed by atoms with Crippen molar-refractivity contribution >= 4 is 44.9 Å². The maximum atomic E-state index is 13.4. The summed E-state index contributed by atoms with van der Waals surface area (Å²) >= 11 is 8.98. The van der Waals surface area contributed by atoms with Crippen LogP contribution in [0.3, 0.4) is 0 Å². The maximum absolute atomic E-state index is 13.4. The van der Waals surface area contributed by atoms with Crippen molar-refractivity contribution in [3.8, 4) is 0 Å². The van der Waals surface area contributed by atoms with Gasteiger partial charge in [-0.05, 0) is 46.3 Å². The highest BCUT2D eigenvalue weighted by Gasteiger charge is 2.14. The molecule has 1 amide bonds. The molecule has 2 aromatic rings. The number of pyridine rings is 1. The highest BCUT2D eigenvalue weighted by Crippen LogP contribution is 2.21. The highest BCUT2D eigenvalue weighted by atomic mass is 79.9. The standard InChI is InChI=1S/C13H10BrClFN3O/c1-17-11-5-4-9(15)12(19-11)13(20)18-7-2-3-8(14)10(16)6-7/h2-6H,1H3,(H,17,19)(H,18,20). The zero-order valence-electron chi connectivity index (χ0n) is 10.4. The molecule has 0 fully saturated rings. The number of carbonyl (C=O) groups excluding carboxylic acids is 1. The Hall–Kier alpha value is -1.66. The molecule has 0 spiro atoms. The molecule has 1 aromatic heterocycles. The predicted octanol–water partition coefficient (Wildman–Crippen LogP) is 3.93. The van der Waals surface area contributed by atoms with Crippen LogP contribution >= 0.6 is 27.5 Å². The highest BCUT2D eigenvalue weighted by molar-refractivity contribution is 9.10. The third-order valence-electron chi connectivity index (χ3n) is 2.49. The number of anilines is 2. The van der Waals surface area contributed by atoms with Crippen LogP contribution in [0, 0.1) is 5.82 Å². The summed E-state index contributed by atoms with van der Waals surface area (Å²) < 4.78 is 13.7. The summed E-state index contributed by atoms with van der Waals surface area (Å²) in [4.78, 5) is 16.1. The van der Waals surface area contributed by atoms with Crippen molar-refractivity contribution in [1.82, 2.24) is 4.98 Å². The largest absolute Gasteiger partial charge is 0.373 e. The fourth-order valence-corrected chi connectivity index (χ4v) is 1.94. The van der Waals surface area contributed by atoms with Crippen molar-refractivity contribution in [2.24, 2.45) is 0 Å². The first-order valence-electron chi connectivity index (χ1n) is 5.62. The van der Waals surface area contributed by atoms with Crippen molar-refractivity contribution in [2.75, 3.05) is 17.7 Å². The molecule has 0 aliphatic rings. The summed E-state index contributed by atoms with van der Waals surface area (Å²) in [5.74, 6) is -0.457. The van der Waals surface area contributed by atoms with Gasteiger partial charge in [0.1, 0.15) is 17.3 Å². The molecule has 0 saturated heterocycles. The zero-order valence-corrected chi connectivity index (χ0v) is 12.7. The van der Waals surface area contributed by atoms with E-state index in [0.717, 1.165) is 0 Å². The molecular formula is C13H10BrClFN3O. The van der Waals surface area contributed by atoms with Crippen LogP contribution in [0.25, 0.3) is 0 Å². The number of hydrogen-bond donors (Lipinski definition) is 2. The van der Waals surface area contributed by atoms with E-state index in [2.05, 4.69) is 31.5 Å². The van der Waals surface area contributed by atoms with E-state index in [1.807, 2.05) is 0 Å². The van der Waals surface area contributed by atoms with Gasteiger partial charge in [0.05, 0.1) is 9.50 Å². The second kappa shape index (κ2) is 6.19. The molecule has 2 N–H and O–H groups in total. The summed E-state index contributed by atoms with van der Waals surface area (Å²) in [7, 11) is 1.68. The maximum Gasteiger partial charge on any atom is 0.275 e. The van der Waals surface area contributed by atoms with Gasteiger partial charge in [0.15, 0.2) is 0 Å². The number of aromatic nitrogens is 1. The Kier molecular flexibility index (Phi) is 4.57. The molecule has 0 saturated carbocycles. The molecule has 4 nitrogen and oxygen atoms in total. The molecule has 104 valence electrons. The second-order valence-electron chi connectivity index (χ2n) is 3.86. The Labute approximate surface area is 128 Å². The number of hydrogen-bond acceptors (Lipinski definition) is 3. The molecule has 2 rings (SSSR count). The fraction of sp³-hybridized carbons (Fsp3) is 0.0769. The first-order chi connectivity index (χ1) is 9.51. The molecule has 0 unspecified atom stereocenters. The Bertz CT molecular complexity index is 666. The summed E-state index contributed by atoms with van der Waals surface area (Å²) in [5.41, 5.74) is 0.394. The van der Waals surface area contributed by atoms with Crippen LogP contribution in [0.2, 0.25) is 5.02 Å². The smallest absolute Gasteiger partial charge is 0.275 e.